The number of ether oxygens (including phenoxy) is 4. The molecule has 2 fully saturated rings. The molecule has 0 aliphatic carbocycles. The SMILES string of the molecule is CCC(C(=O)OC)N1CCN(C(CC)C(=O)OC)CCN(C(CC)C(=O)OC)CCN(C(CC)C(=O)OC)CC1.NCC(C(=O)O)N1CCN(C(CN)C(=O)O)CCN(C(CN)C(=O)O)CCN(C(CN)C(=O)O)CC1. The van der Waals surface area contributed by atoms with Crippen LogP contribution in [-0.2, 0) is 57.3 Å². The lowest BCUT2D eigenvalue weighted by Crippen LogP contribution is -2.59. The zero-order valence-electron chi connectivity index (χ0n) is 46.2. The van der Waals surface area contributed by atoms with Crippen LogP contribution in [-0.4, -0.2) is 315 Å². The van der Waals surface area contributed by atoms with Gasteiger partial charge >= 0.3 is 47.8 Å². The Kier molecular flexibility index (Phi) is 33.9. The first-order valence-electron chi connectivity index (χ1n) is 26.1. The summed E-state index contributed by atoms with van der Waals surface area (Å²) >= 11 is 0. The van der Waals surface area contributed by atoms with Crippen LogP contribution >= 0.6 is 0 Å². The lowest BCUT2D eigenvalue weighted by atomic mass is 10.1. The Hall–Kier alpha value is -4.72. The highest BCUT2D eigenvalue weighted by molar-refractivity contribution is 5.78. The van der Waals surface area contributed by atoms with E-state index in [0.29, 0.717) is 78.0 Å². The molecule has 2 heterocycles. The van der Waals surface area contributed by atoms with Gasteiger partial charge in [-0.25, -0.2) is 0 Å². The van der Waals surface area contributed by atoms with Crippen molar-refractivity contribution in [1.82, 2.24) is 39.2 Å². The summed E-state index contributed by atoms with van der Waals surface area (Å²) in [5.74, 6) is -5.92. The highest BCUT2D eigenvalue weighted by Crippen LogP contribution is 2.17. The van der Waals surface area contributed by atoms with Crippen molar-refractivity contribution in [2.75, 3.05) is 159 Å². The number of rotatable bonds is 24. The number of carboxylic acids is 4. The molecule has 8 unspecified atom stereocenters. The van der Waals surface area contributed by atoms with Gasteiger partial charge in [0.25, 0.3) is 0 Å². The normalized spacial score (nSPS) is 20.8. The highest BCUT2D eigenvalue weighted by Gasteiger charge is 2.36. The Labute approximate surface area is 447 Å². The maximum absolute atomic E-state index is 12.7. The molecule has 2 aliphatic rings. The van der Waals surface area contributed by atoms with E-state index in [-0.39, 0.29) is 102 Å². The maximum Gasteiger partial charge on any atom is 0.323 e. The topological polar surface area (TPSA) is 384 Å². The van der Waals surface area contributed by atoms with Gasteiger partial charge in [-0.1, -0.05) is 27.7 Å². The molecule has 0 radical (unpaired) electrons. The van der Waals surface area contributed by atoms with Crippen molar-refractivity contribution in [3.8, 4) is 0 Å². The number of carbonyl (C=O) groups is 8. The molecule has 0 bridgehead atoms. The van der Waals surface area contributed by atoms with Gasteiger partial charge in [0.15, 0.2) is 0 Å². The molecule has 0 aromatic heterocycles. The molecular formula is C48H92N12O16. The summed E-state index contributed by atoms with van der Waals surface area (Å²) in [5, 5.41) is 38.6. The second-order valence-corrected chi connectivity index (χ2v) is 18.4. The quantitative estimate of drug-likeness (QED) is 0.0336. The van der Waals surface area contributed by atoms with Crippen molar-refractivity contribution in [2.24, 2.45) is 22.9 Å². The van der Waals surface area contributed by atoms with Gasteiger partial charge in [0.05, 0.1) is 28.4 Å². The van der Waals surface area contributed by atoms with Crippen LogP contribution < -0.4 is 22.9 Å². The number of carboxylic acid groups (broad SMARTS) is 4. The van der Waals surface area contributed by atoms with Crippen LogP contribution in [0.3, 0.4) is 0 Å². The van der Waals surface area contributed by atoms with Crippen LogP contribution in [0.15, 0.2) is 0 Å². The van der Waals surface area contributed by atoms with Crippen molar-refractivity contribution in [3.05, 3.63) is 0 Å². The number of nitrogens with zero attached hydrogens (tertiary/aromatic N) is 8. The van der Waals surface area contributed by atoms with Gasteiger partial charge < -0.3 is 62.3 Å². The number of esters is 4. The monoisotopic (exact) mass is 1090 g/mol. The number of hydrogen-bond donors (Lipinski definition) is 8. The summed E-state index contributed by atoms with van der Waals surface area (Å²) in [4.78, 5) is 113. The molecule has 0 saturated carbocycles. The fourth-order valence-corrected chi connectivity index (χ4v) is 9.91. The largest absolute Gasteiger partial charge is 0.480 e. The van der Waals surface area contributed by atoms with E-state index < -0.39 is 72.2 Å². The van der Waals surface area contributed by atoms with Gasteiger partial charge in [0.1, 0.15) is 48.3 Å². The van der Waals surface area contributed by atoms with Gasteiger partial charge in [-0.2, -0.15) is 0 Å². The molecular weight excluding hydrogens is 1000 g/mol. The molecule has 0 aromatic rings. The zero-order chi connectivity index (χ0) is 57.7. The van der Waals surface area contributed by atoms with Crippen molar-refractivity contribution in [1.29, 1.82) is 0 Å². The Morgan fingerprint density at radius 1 is 0.303 bits per heavy atom. The van der Waals surface area contributed by atoms with Gasteiger partial charge in [-0.05, 0) is 25.7 Å². The van der Waals surface area contributed by atoms with Crippen molar-refractivity contribution in [2.45, 2.75) is 102 Å². The molecule has 2 rings (SSSR count). The van der Waals surface area contributed by atoms with E-state index in [1.807, 2.05) is 27.7 Å². The van der Waals surface area contributed by atoms with E-state index in [4.69, 9.17) is 41.9 Å². The molecule has 0 amide bonds. The minimum Gasteiger partial charge on any atom is -0.480 e. The minimum atomic E-state index is -1.16. The standard InChI is InChI=1S/C28H52N4O8.C20H40N8O8/c1-9-21(25(33)37-5)29-13-15-30(22(10-2)26(34)38-6)17-19-32(24(12-4)28(36)40-8)20-18-31(16-14-29)23(11-3)27(35)39-7;21-9-13(17(29)30)25-1-2-26(14(10-22)18(31)32)5-6-28(16(12-24)20(35)36)8-7-27(4-3-25)15(11-23)19(33)34/h21-24H,9-20H2,1-8H3;13-16H,1-12,21-24H2,(H,29,30)(H,31,32)(H,33,34)(H,35,36). The molecule has 12 N–H and O–H groups in total. The third-order valence-electron chi connectivity index (χ3n) is 14.4. The van der Waals surface area contributed by atoms with Crippen molar-refractivity contribution < 1.29 is 77.7 Å². The van der Waals surface area contributed by atoms with E-state index in [1.54, 1.807) is 19.6 Å². The molecule has 8 atom stereocenters. The first-order chi connectivity index (χ1) is 36.2. The second kappa shape index (κ2) is 37.2. The molecule has 28 heteroatoms. The highest BCUT2D eigenvalue weighted by atomic mass is 16.5. The predicted octanol–water partition coefficient (Wildman–Crippen LogP) is -4.13. The third kappa shape index (κ3) is 21.3. The fraction of sp³-hybridized carbons (Fsp3) is 0.833. The van der Waals surface area contributed by atoms with E-state index in [9.17, 15) is 58.8 Å². The number of carbonyl (C=O) groups excluding carboxylic acids is 4. The molecule has 2 saturated heterocycles. The van der Waals surface area contributed by atoms with Gasteiger partial charge in [0.2, 0.25) is 0 Å². The summed E-state index contributed by atoms with van der Waals surface area (Å²) in [6.45, 7) is 11.7. The number of nitrogens with two attached hydrogens (primary N) is 4. The van der Waals surface area contributed by atoms with E-state index in [0.717, 1.165) is 0 Å². The van der Waals surface area contributed by atoms with E-state index in [2.05, 4.69) is 19.6 Å². The first kappa shape index (κ1) is 69.3. The average molecular weight is 1090 g/mol. The lowest BCUT2D eigenvalue weighted by molar-refractivity contribution is -0.151. The van der Waals surface area contributed by atoms with Crippen LogP contribution in [0, 0.1) is 0 Å². The Bertz CT molecular complexity index is 1510. The van der Waals surface area contributed by atoms with Gasteiger partial charge in [-0.3, -0.25) is 77.6 Å². The van der Waals surface area contributed by atoms with Crippen LogP contribution in [0.5, 0.6) is 0 Å². The second-order valence-electron chi connectivity index (χ2n) is 18.4. The first-order valence-corrected chi connectivity index (χ1v) is 26.1. The number of aliphatic carboxylic acids is 4. The average Bonchev–Trinajstić information content (AvgIpc) is 3.39. The van der Waals surface area contributed by atoms with Crippen LogP contribution in [0.2, 0.25) is 0 Å². The Morgan fingerprint density at radius 2 is 0.421 bits per heavy atom. The summed E-state index contributed by atoms with van der Waals surface area (Å²) in [6.07, 6.45) is 2.22. The summed E-state index contributed by atoms with van der Waals surface area (Å²) < 4.78 is 20.4. The molecule has 0 aromatic carbocycles. The number of methoxy groups -OCH3 is 4. The fourth-order valence-electron chi connectivity index (χ4n) is 9.91. The molecule has 0 spiro atoms. The van der Waals surface area contributed by atoms with Crippen molar-refractivity contribution >= 4 is 47.8 Å². The van der Waals surface area contributed by atoms with Gasteiger partial charge in [0, 0.05) is 131 Å². The van der Waals surface area contributed by atoms with E-state index in [1.165, 1.54) is 28.4 Å². The summed E-state index contributed by atoms with van der Waals surface area (Å²) in [7, 11) is 5.54. The lowest BCUT2D eigenvalue weighted by Gasteiger charge is -2.40. The predicted molar refractivity (Wildman–Crippen MR) is 279 cm³/mol. The molecule has 28 nitrogen and oxygen atoms in total. The van der Waals surface area contributed by atoms with Gasteiger partial charge in [-0.15, -0.1) is 0 Å². The molecule has 440 valence electrons. The maximum atomic E-state index is 12.7. The summed E-state index contributed by atoms with van der Waals surface area (Å²) in [6, 6.07) is -6.18. The van der Waals surface area contributed by atoms with Crippen LogP contribution in [0.25, 0.3) is 0 Å². The minimum absolute atomic E-state index is 0.103. The Balaban J connectivity index is 0.000000764. The van der Waals surface area contributed by atoms with E-state index >= 15 is 0 Å². The molecule has 2 aliphatic heterocycles. The van der Waals surface area contributed by atoms with Crippen LogP contribution in [0.4, 0.5) is 0 Å². The Morgan fingerprint density at radius 3 is 0.500 bits per heavy atom. The molecule has 76 heavy (non-hydrogen) atoms. The third-order valence-corrected chi connectivity index (χ3v) is 14.4. The van der Waals surface area contributed by atoms with Crippen LogP contribution in [0.1, 0.15) is 53.4 Å². The number of hydrogen-bond acceptors (Lipinski definition) is 24. The summed E-state index contributed by atoms with van der Waals surface area (Å²) in [5.41, 5.74) is 22.8. The zero-order valence-corrected chi connectivity index (χ0v) is 46.2. The smallest absolute Gasteiger partial charge is 0.323 e. The van der Waals surface area contributed by atoms with Crippen molar-refractivity contribution in [3.63, 3.8) is 0 Å².